The molecule has 22 heavy (non-hydrogen) atoms. The maximum Gasteiger partial charge on any atom is 0.543 e. The Morgan fingerprint density at radius 2 is 1.91 bits per heavy atom. The van der Waals surface area contributed by atoms with Gasteiger partial charge in [-0.05, 0) is 32.4 Å². The van der Waals surface area contributed by atoms with E-state index in [2.05, 4.69) is 19.6 Å². The van der Waals surface area contributed by atoms with Gasteiger partial charge in [0.15, 0.2) is 0 Å². The Kier molecular flexibility index (Phi) is 7.34. The lowest BCUT2D eigenvalue weighted by atomic mass is 10.1. The molecule has 1 atom stereocenters. The van der Waals surface area contributed by atoms with Gasteiger partial charge < -0.3 is 9.47 Å². The average Bonchev–Trinajstić information content (AvgIpc) is 2.46. The molecule has 0 aliphatic carbocycles. The molecule has 0 amide bonds. The molecule has 0 heterocycles. The van der Waals surface area contributed by atoms with Crippen LogP contribution in [-0.2, 0) is 24.3 Å². The quantitative estimate of drug-likeness (QED) is 0.435. The lowest BCUT2D eigenvalue weighted by molar-refractivity contribution is -0.452. The fourth-order valence-electron chi connectivity index (χ4n) is 1.61. The normalized spacial score (nSPS) is 11.6. The van der Waals surface area contributed by atoms with Crippen molar-refractivity contribution in [2.75, 3.05) is 13.7 Å². The first-order valence-corrected chi connectivity index (χ1v) is 6.76. The fraction of sp³-hybridized carbons (Fsp3) is 0.467. The van der Waals surface area contributed by atoms with Gasteiger partial charge in [-0.2, -0.15) is 0 Å². The van der Waals surface area contributed by atoms with Crippen LogP contribution in [0.15, 0.2) is 18.2 Å². The van der Waals surface area contributed by atoms with Gasteiger partial charge in [0, 0.05) is 13.5 Å². The summed E-state index contributed by atoms with van der Waals surface area (Å²) in [4.78, 5) is 31.4. The summed E-state index contributed by atoms with van der Waals surface area (Å²) >= 11 is 0. The van der Waals surface area contributed by atoms with Crippen LogP contribution in [0, 0.1) is 13.8 Å². The van der Waals surface area contributed by atoms with Gasteiger partial charge in [-0.1, -0.05) is 17.7 Å². The summed E-state index contributed by atoms with van der Waals surface area (Å²) in [5.74, 6) is -0.765. The second-order valence-electron chi connectivity index (χ2n) is 4.77. The van der Waals surface area contributed by atoms with Gasteiger partial charge in [0.05, 0.1) is 23.3 Å². The zero-order valence-electron chi connectivity index (χ0n) is 13.1. The van der Waals surface area contributed by atoms with E-state index in [1.54, 1.807) is 26.2 Å². The zero-order chi connectivity index (χ0) is 16.5. The average molecular weight is 312 g/mol. The van der Waals surface area contributed by atoms with Crippen LogP contribution in [0.4, 0.5) is 4.79 Å². The van der Waals surface area contributed by atoms with Gasteiger partial charge in [-0.25, -0.2) is 14.5 Å². The van der Waals surface area contributed by atoms with Crippen molar-refractivity contribution in [2.24, 2.45) is 0 Å². The van der Waals surface area contributed by atoms with E-state index in [1.165, 1.54) is 0 Å². The number of aryl methyl sites for hydroxylation is 2. The summed E-state index contributed by atoms with van der Waals surface area (Å²) in [6.07, 6.45) is -0.638. The lowest BCUT2D eigenvalue weighted by Gasteiger charge is -2.09. The van der Waals surface area contributed by atoms with Crippen molar-refractivity contribution in [2.45, 2.75) is 33.3 Å². The molecule has 0 saturated carbocycles. The van der Waals surface area contributed by atoms with Crippen molar-refractivity contribution >= 4 is 12.1 Å². The molecule has 0 radical (unpaired) electrons. The highest BCUT2D eigenvalue weighted by Crippen LogP contribution is 2.12. The first kappa shape index (κ1) is 17.9. The molecule has 0 spiro atoms. The number of benzene rings is 1. The van der Waals surface area contributed by atoms with Crippen LogP contribution in [0.2, 0.25) is 0 Å². The van der Waals surface area contributed by atoms with E-state index >= 15 is 0 Å². The summed E-state index contributed by atoms with van der Waals surface area (Å²) < 4.78 is 9.66. The van der Waals surface area contributed by atoms with Crippen LogP contribution in [0.25, 0.3) is 0 Å². The first-order valence-electron chi connectivity index (χ1n) is 6.76. The molecular weight excluding hydrogens is 292 g/mol. The van der Waals surface area contributed by atoms with E-state index < -0.39 is 12.1 Å². The Morgan fingerprint density at radius 3 is 2.55 bits per heavy atom. The number of carbonyl (C=O) groups is 2. The van der Waals surface area contributed by atoms with Gasteiger partial charge in [-0.15, -0.1) is 0 Å². The molecule has 122 valence electrons. The highest BCUT2D eigenvalue weighted by molar-refractivity contribution is 5.90. The first-order chi connectivity index (χ1) is 10.4. The van der Waals surface area contributed by atoms with Crippen LogP contribution < -0.4 is 0 Å². The van der Waals surface area contributed by atoms with Crippen LogP contribution in [0.1, 0.15) is 34.8 Å². The minimum absolute atomic E-state index is 0.0453. The van der Waals surface area contributed by atoms with Gasteiger partial charge in [-0.3, -0.25) is 4.89 Å². The van der Waals surface area contributed by atoms with Crippen LogP contribution >= 0.6 is 0 Å². The molecule has 0 N–H and O–H groups in total. The molecule has 1 rings (SSSR count). The number of hydrogen-bond donors (Lipinski definition) is 0. The lowest BCUT2D eigenvalue weighted by Crippen LogP contribution is -2.15. The number of ether oxygens (including phenoxy) is 2. The number of hydrogen-bond acceptors (Lipinski definition) is 7. The van der Waals surface area contributed by atoms with E-state index in [9.17, 15) is 9.59 Å². The van der Waals surface area contributed by atoms with Crippen LogP contribution in [-0.4, -0.2) is 31.9 Å². The Bertz CT molecular complexity index is 513. The van der Waals surface area contributed by atoms with Crippen molar-refractivity contribution in [3.05, 3.63) is 34.9 Å². The molecule has 0 fully saturated rings. The minimum atomic E-state index is -1.10. The molecule has 1 aromatic carbocycles. The number of methoxy groups -OCH3 is 1. The largest absolute Gasteiger partial charge is 0.543 e. The molecule has 0 saturated heterocycles. The summed E-state index contributed by atoms with van der Waals surface area (Å²) in [5, 5.41) is 4.13. The maximum atomic E-state index is 11.7. The third kappa shape index (κ3) is 6.11. The predicted octanol–water partition coefficient (Wildman–Crippen LogP) is 2.89. The molecule has 0 aliphatic heterocycles. The molecule has 1 aromatic rings. The summed E-state index contributed by atoms with van der Waals surface area (Å²) in [6, 6.07) is 5.18. The van der Waals surface area contributed by atoms with E-state index in [-0.39, 0.29) is 12.7 Å². The monoisotopic (exact) mass is 312 g/mol. The third-order valence-electron chi connectivity index (χ3n) is 2.96. The molecule has 7 heteroatoms. The van der Waals surface area contributed by atoms with Crippen molar-refractivity contribution in [3.63, 3.8) is 0 Å². The Labute approximate surface area is 128 Å². The number of carbonyl (C=O) groups excluding carboxylic acids is 2. The molecule has 7 nitrogen and oxygen atoms in total. The van der Waals surface area contributed by atoms with Gasteiger partial charge in [0.1, 0.15) is 0 Å². The topological polar surface area (TPSA) is 80.3 Å². The second-order valence-corrected chi connectivity index (χ2v) is 4.77. The Balaban J connectivity index is 2.28. The van der Waals surface area contributed by atoms with Gasteiger partial charge >= 0.3 is 12.1 Å². The zero-order valence-corrected chi connectivity index (χ0v) is 13.1. The molecular formula is C15H20O7. The molecule has 0 aliphatic rings. The third-order valence-corrected chi connectivity index (χ3v) is 2.96. The SMILES string of the molecule is COC(C)CCOC(=O)OOOC(=O)c1ccc(C)cc1C. The van der Waals surface area contributed by atoms with E-state index in [1.807, 2.05) is 19.9 Å². The summed E-state index contributed by atoms with van der Waals surface area (Å²) in [7, 11) is 1.55. The van der Waals surface area contributed by atoms with Gasteiger partial charge in [0.25, 0.3) is 0 Å². The number of rotatable bonds is 7. The van der Waals surface area contributed by atoms with Gasteiger partial charge in [0.2, 0.25) is 0 Å². The fourth-order valence-corrected chi connectivity index (χ4v) is 1.61. The highest BCUT2D eigenvalue weighted by atomic mass is 17.5. The van der Waals surface area contributed by atoms with Crippen molar-refractivity contribution < 1.29 is 33.9 Å². The maximum absolute atomic E-state index is 11.7. The predicted molar refractivity (Wildman–Crippen MR) is 75.9 cm³/mol. The van der Waals surface area contributed by atoms with Crippen molar-refractivity contribution in [1.82, 2.24) is 0 Å². The summed E-state index contributed by atoms with van der Waals surface area (Å²) in [6.45, 7) is 5.59. The van der Waals surface area contributed by atoms with E-state index in [0.717, 1.165) is 11.1 Å². The molecule has 1 unspecified atom stereocenters. The summed E-state index contributed by atoms with van der Waals surface area (Å²) in [5.41, 5.74) is 2.06. The van der Waals surface area contributed by atoms with Crippen molar-refractivity contribution in [3.8, 4) is 0 Å². The minimum Gasteiger partial charge on any atom is -0.432 e. The van der Waals surface area contributed by atoms with Crippen LogP contribution in [0.5, 0.6) is 0 Å². The molecule has 0 aromatic heterocycles. The standard InChI is InChI=1S/C15H20O7/c1-10-5-6-13(11(2)9-10)14(16)20-22-21-15(17)19-8-7-12(3)18-4/h5-6,9,12H,7-8H2,1-4H3. The second kappa shape index (κ2) is 9.01. The van der Waals surface area contributed by atoms with Crippen molar-refractivity contribution in [1.29, 1.82) is 0 Å². The Morgan fingerprint density at radius 1 is 1.18 bits per heavy atom. The highest BCUT2D eigenvalue weighted by Gasteiger charge is 2.14. The van der Waals surface area contributed by atoms with E-state index in [4.69, 9.17) is 4.74 Å². The van der Waals surface area contributed by atoms with Crippen LogP contribution in [0.3, 0.4) is 0 Å². The molecule has 0 bridgehead atoms. The smallest absolute Gasteiger partial charge is 0.432 e. The Hall–Kier alpha value is -2.12. The van der Waals surface area contributed by atoms with E-state index in [0.29, 0.717) is 12.0 Å².